The van der Waals surface area contributed by atoms with Crippen molar-refractivity contribution in [3.05, 3.63) is 59.0 Å². The molecule has 3 rings (SSSR count). The average Bonchev–Trinajstić information content (AvgIpc) is 2.96. The Balaban J connectivity index is 1.66. The van der Waals surface area contributed by atoms with Gasteiger partial charge in [0.15, 0.2) is 5.65 Å². The molecule has 1 atom stereocenters. The van der Waals surface area contributed by atoms with Crippen molar-refractivity contribution in [2.75, 3.05) is 6.54 Å². The lowest BCUT2D eigenvalue weighted by Gasteiger charge is -2.15. The first kappa shape index (κ1) is 17.0. The second-order valence-corrected chi connectivity index (χ2v) is 6.29. The molecule has 1 unspecified atom stereocenters. The van der Waals surface area contributed by atoms with Crippen molar-refractivity contribution in [3.8, 4) is 5.75 Å². The molecule has 0 saturated carbocycles. The molecule has 1 N–H and O–H groups in total. The minimum Gasteiger partial charge on any atom is -0.489 e. The van der Waals surface area contributed by atoms with E-state index in [2.05, 4.69) is 15.4 Å². The zero-order valence-corrected chi connectivity index (χ0v) is 14.9. The van der Waals surface area contributed by atoms with Gasteiger partial charge >= 0.3 is 0 Å². The summed E-state index contributed by atoms with van der Waals surface area (Å²) in [6, 6.07) is 9.78. The van der Waals surface area contributed by atoms with Gasteiger partial charge in [-0.05, 0) is 51.5 Å². The van der Waals surface area contributed by atoms with Crippen LogP contribution in [0.25, 0.3) is 5.65 Å². The Bertz CT molecular complexity index is 917. The zero-order valence-electron chi connectivity index (χ0n) is 14.9. The largest absolute Gasteiger partial charge is 0.489 e. The molecule has 130 valence electrons. The summed E-state index contributed by atoms with van der Waals surface area (Å²) in [7, 11) is 0. The third-order valence-corrected chi connectivity index (χ3v) is 3.90. The normalized spacial score (nSPS) is 12.2. The summed E-state index contributed by atoms with van der Waals surface area (Å²) in [5.41, 5.74) is 3.97. The van der Waals surface area contributed by atoms with Gasteiger partial charge < -0.3 is 10.1 Å². The van der Waals surface area contributed by atoms with Crippen LogP contribution in [0.5, 0.6) is 5.75 Å². The second-order valence-electron chi connectivity index (χ2n) is 6.29. The summed E-state index contributed by atoms with van der Waals surface area (Å²) in [5.74, 6) is 0.595. The van der Waals surface area contributed by atoms with E-state index in [1.165, 1.54) is 0 Å². The van der Waals surface area contributed by atoms with Gasteiger partial charge in [-0.15, -0.1) is 0 Å². The zero-order chi connectivity index (χ0) is 18.0. The molecule has 0 saturated heterocycles. The third kappa shape index (κ3) is 3.79. The Labute approximate surface area is 146 Å². The van der Waals surface area contributed by atoms with E-state index in [-0.39, 0.29) is 12.0 Å². The number of nitrogens with zero attached hydrogens (tertiary/aromatic N) is 3. The van der Waals surface area contributed by atoms with Gasteiger partial charge in [-0.3, -0.25) is 4.79 Å². The molecule has 6 heteroatoms. The van der Waals surface area contributed by atoms with Crippen molar-refractivity contribution in [2.45, 2.75) is 33.8 Å². The van der Waals surface area contributed by atoms with E-state index >= 15 is 0 Å². The van der Waals surface area contributed by atoms with E-state index in [1.54, 1.807) is 10.7 Å². The average molecular weight is 338 g/mol. The minimum atomic E-state index is -0.202. The fourth-order valence-corrected chi connectivity index (χ4v) is 2.72. The lowest BCUT2D eigenvalue weighted by molar-refractivity contribution is 0.0933. The number of amides is 1. The first-order valence-corrected chi connectivity index (χ1v) is 8.27. The van der Waals surface area contributed by atoms with Crippen molar-refractivity contribution in [1.29, 1.82) is 0 Å². The molecule has 1 amide bonds. The summed E-state index contributed by atoms with van der Waals surface area (Å²) in [6.07, 6.45) is 1.40. The van der Waals surface area contributed by atoms with Crippen molar-refractivity contribution < 1.29 is 9.53 Å². The molecule has 0 radical (unpaired) electrons. The van der Waals surface area contributed by atoms with Gasteiger partial charge in [0.05, 0.1) is 12.7 Å². The maximum absolute atomic E-state index is 12.5. The summed E-state index contributed by atoms with van der Waals surface area (Å²) in [6.45, 7) is 8.18. The summed E-state index contributed by atoms with van der Waals surface area (Å²) in [5, 5.41) is 7.14. The standard InChI is InChI=1S/C19H22N4O2/c1-12-6-5-7-16(8-12)25-15(4)10-20-19(24)17-11-21-23-14(3)9-13(2)22-18(17)23/h5-9,11,15H,10H2,1-4H3,(H,20,24). The SMILES string of the molecule is Cc1cccc(OC(C)CNC(=O)c2cnn3c(C)cc(C)nc23)c1. The number of nitrogens with one attached hydrogen (secondary N) is 1. The quantitative estimate of drug-likeness (QED) is 0.777. The first-order chi connectivity index (χ1) is 11.9. The summed E-state index contributed by atoms with van der Waals surface area (Å²) >= 11 is 0. The number of ether oxygens (including phenoxy) is 1. The van der Waals surface area contributed by atoms with Crippen LogP contribution in [-0.4, -0.2) is 33.2 Å². The summed E-state index contributed by atoms with van der Waals surface area (Å²) < 4.78 is 7.51. The van der Waals surface area contributed by atoms with E-state index in [0.717, 1.165) is 22.7 Å². The number of aryl methyl sites for hydroxylation is 3. The smallest absolute Gasteiger partial charge is 0.256 e. The van der Waals surface area contributed by atoms with Crippen molar-refractivity contribution in [3.63, 3.8) is 0 Å². The van der Waals surface area contributed by atoms with Crippen LogP contribution in [0.2, 0.25) is 0 Å². The van der Waals surface area contributed by atoms with Gasteiger partial charge in [-0.1, -0.05) is 12.1 Å². The van der Waals surface area contributed by atoms with Gasteiger partial charge in [0.2, 0.25) is 0 Å². The molecule has 0 spiro atoms. The number of hydrogen-bond acceptors (Lipinski definition) is 4. The van der Waals surface area contributed by atoms with E-state index in [0.29, 0.717) is 17.8 Å². The molecule has 0 bridgehead atoms. The fourth-order valence-electron chi connectivity index (χ4n) is 2.72. The maximum atomic E-state index is 12.5. The highest BCUT2D eigenvalue weighted by Crippen LogP contribution is 2.14. The van der Waals surface area contributed by atoms with E-state index in [4.69, 9.17) is 4.74 Å². The maximum Gasteiger partial charge on any atom is 0.256 e. The fraction of sp³-hybridized carbons (Fsp3) is 0.316. The van der Waals surface area contributed by atoms with Gasteiger partial charge in [0.1, 0.15) is 17.4 Å². The molecule has 3 aromatic rings. The van der Waals surface area contributed by atoms with Gasteiger partial charge in [0, 0.05) is 11.4 Å². The second kappa shape index (κ2) is 6.93. The Morgan fingerprint density at radius 1 is 1.28 bits per heavy atom. The third-order valence-electron chi connectivity index (χ3n) is 3.90. The molecule has 0 aliphatic carbocycles. The van der Waals surface area contributed by atoms with Crippen LogP contribution in [-0.2, 0) is 0 Å². The van der Waals surface area contributed by atoms with Gasteiger partial charge in [0.25, 0.3) is 5.91 Å². The van der Waals surface area contributed by atoms with Crippen LogP contribution in [0, 0.1) is 20.8 Å². The predicted octanol–water partition coefficient (Wildman–Crippen LogP) is 2.85. The number of carbonyl (C=O) groups is 1. The van der Waals surface area contributed by atoms with Crippen LogP contribution in [0.3, 0.4) is 0 Å². The molecule has 0 aliphatic heterocycles. The monoisotopic (exact) mass is 338 g/mol. The first-order valence-electron chi connectivity index (χ1n) is 8.27. The highest BCUT2D eigenvalue weighted by Gasteiger charge is 2.16. The van der Waals surface area contributed by atoms with E-state index in [1.807, 2.05) is 58.0 Å². The number of fused-ring (bicyclic) bond motifs is 1. The highest BCUT2D eigenvalue weighted by molar-refractivity contribution is 5.99. The van der Waals surface area contributed by atoms with Crippen LogP contribution in [0.15, 0.2) is 36.5 Å². The number of rotatable bonds is 5. The number of hydrogen-bond donors (Lipinski definition) is 1. The van der Waals surface area contributed by atoms with Crippen LogP contribution in [0.4, 0.5) is 0 Å². The molecule has 2 aromatic heterocycles. The van der Waals surface area contributed by atoms with Gasteiger partial charge in [-0.2, -0.15) is 5.10 Å². The molecule has 6 nitrogen and oxygen atoms in total. The minimum absolute atomic E-state index is 0.149. The lowest BCUT2D eigenvalue weighted by atomic mass is 10.2. The van der Waals surface area contributed by atoms with Crippen molar-refractivity contribution >= 4 is 11.6 Å². The number of carbonyl (C=O) groups excluding carboxylic acids is 1. The van der Waals surface area contributed by atoms with Crippen LogP contribution < -0.4 is 10.1 Å². The molecule has 0 fully saturated rings. The van der Waals surface area contributed by atoms with Crippen molar-refractivity contribution in [2.24, 2.45) is 0 Å². The summed E-state index contributed by atoms with van der Waals surface area (Å²) in [4.78, 5) is 16.9. The van der Waals surface area contributed by atoms with Crippen LogP contribution in [0.1, 0.15) is 34.2 Å². The molecular formula is C19H22N4O2. The Hall–Kier alpha value is -2.89. The molecule has 2 heterocycles. The number of aromatic nitrogens is 3. The molecular weight excluding hydrogens is 316 g/mol. The van der Waals surface area contributed by atoms with Gasteiger partial charge in [-0.25, -0.2) is 9.50 Å². The van der Waals surface area contributed by atoms with E-state index in [9.17, 15) is 4.79 Å². The molecule has 0 aliphatic rings. The van der Waals surface area contributed by atoms with Crippen LogP contribution >= 0.6 is 0 Å². The number of benzene rings is 1. The van der Waals surface area contributed by atoms with E-state index < -0.39 is 0 Å². The Morgan fingerprint density at radius 3 is 2.84 bits per heavy atom. The predicted molar refractivity (Wildman–Crippen MR) is 96.1 cm³/mol. The Morgan fingerprint density at radius 2 is 2.08 bits per heavy atom. The lowest BCUT2D eigenvalue weighted by Crippen LogP contribution is -2.33. The Kier molecular flexibility index (Phi) is 4.70. The molecule has 25 heavy (non-hydrogen) atoms. The topological polar surface area (TPSA) is 68.5 Å². The van der Waals surface area contributed by atoms with Crippen molar-refractivity contribution in [1.82, 2.24) is 19.9 Å². The highest BCUT2D eigenvalue weighted by atomic mass is 16.5. The molecule has 1 aromatic carbocycles.